The van der Waals surface area contributed by atoms with Gasteiger partial charge in [0.15, 0.2) is 5.60 Å². The van der Waals surface area contributed by atoms with Crippen LogP contribution in [-0.2, 0) is 9.53 Å². The molecule has 1 spiro atoms. The lowest BCUT2D eigenvalue weighted by atomic mass is 9.89. The van der Waals surface area contributed by atoms with Gasteiger partial charge in [-0.1, -0.05) is 18.2 Å². The van der Waals surface area contributed by atoms with Crippen LogP contribution in [0.2, 0.25) is 0 Å². The van der Waals surface area contributed by atoms with Gasteiger partial charge in [-0.15, -0.1) is 0 Å². The van der Waals surface area contributed by atoms with Gasteiger partial charge in [-0.25, -0.2) is 4.98 Å². The molecule has 1 aliphatic carbocycles. The quantitative estimate of drug-likeness (QED) is 0.775. The van der Waals surface area contributed by atoms with Crippen LogP contribution in [0.4, 0.5) is 5.69 Å². The predicted molar refractivity (Wildman–Crippen MR) is 109 cm³/mol. The lowest BCUT2D eigenvalue weighted by molar-refractivity contribution is -0.140. The molecule has 0 N–H and O–H groups in total. The molecule has 0 aromatic carbocycles. The lowest BCUT2D eigenvalue weighted by Gasteiger charge is -2.38. The third kappa shape index (κ3) is 3.05. The Morgan fingerprint density at radius 2 is 2.07 bits per heavy atom. The number of fused-ring (bicyclic) bond motifs is 1. The highest BCUT2D eigenvalue weighted by Gasteiger charge is 2.58. The fourth-order valence-electron chi connectivity index (χ4n) is 5.27. The first-order valence-electron chi connectivity index (χ1n) is 10.6. The Morgan fingerprint density at radius 1 is 1.24 bits per heavy atom. The number of carbonyl (C=O) groups excluding carboxylic acids is 1. The van der Waals surface area contributed by atoms with E-state index in [1.165, 1.54) is 5.57 Å². The molecule has 6 heteroatoms. The monoisotopic (exact) mass is 390 g/mol. The van der Waals surface area contributed by atoms with Crippen LogP contribution < -0.4 is 4.90 Å². The Bertz CT molecular complexity index is 937. The van der Waals surface area contributed by atoms with Crippen LogP contribution in [0.25, 0.3) is 0 Å². The van der Waals surface area contributed by atoms with E-state index in [0.717, 1.165) is 50.2 Å². The molecule has 0 bridgehead atoms. The van der Waals surface area contributed by atoms with E-state index in [1.807, 2.05) is 24.0 Å². The average Bonchev–Trinajstić information content (AvgIpc) is 3.27. The zero-order valence-corrected chi connectivity index (χ0v) is 16.8. The van der Waals surface area contributed by atoms with Gasteiger partial charge in [0.1, 0.15) is 18.0 Å². The summed E-state index contributed by atoms with van der Waals surface area (Å²) in [5, 5.41) is 9.20. The number of amides is 1. The van der Waals surface area contributed by atoms with E-state index in [2.05, 4.69) is 34.2 Å². The number of piperidine rings is 1. The molecule has 3 saturated heterocycles. The van der Waals surface area contributed by atoms with E-state index in [-0.39, 0.29) is 18.2 Å². The maximum atomic E-state index is 13.5. The van der Waals surface area contributed by atoms with Crippen molar-refractivity contribution >= 4 is 11.6 Å². The SMILES string of the molecule is Cc1cc(N2CCC3(CC2)O[C@@H]2CC[C@@H](C4=CCCC=C4)N2C3=O)cc(C#N)n1. The number of nitriles is 1. The number of pyridine rings is 1. The van der Waals surface area contributed by atoms with Crippen LogP contribution in [0.15, 0.2) is 35.9 Å². The molecule has 0 unspecified atom stereocenters. The van der Waals surface area contributed by atoms with Crippen LogP contribution >= 0.6 is 0 Å². The van der Waals surface area contributed by atoms with E-state index in [0.29, 0.717) is 18.5 Å². The number of aryl methyl sites for hydroxylation is 1. The largest absolute Gasteiger partial charge is 0.371 e. The van der Waals surface area contributed by atoms with Crippen molar-refractivity contribution in [3.05, 3.63) is 47.3 Å². The second kappa shape index (κ2) is 7.00. The van der Waals surface area contributed by atoms with Crippen LogP contribution in [0.5, 0.6) is 0 Å². The Labute approximate surface area is 171 Å². The number of allylic oxidation sites excluding steroid dienone is 2. The second-order valence-electron chi connectivity index (χ2n) is 8.51. The second-order valence-corrected chi connectivity index (χ2v) is 8.51. The zero-order valence-electron chi connectivity index (χ0n) is 16.8. The fraction of sp³-hybridized carbons (Fsp3) is 0.522. The Kier molecular flexibility index (Phi) is 4.44. The van der Waals surface area contributed by atoms with Crippen molar-refractivity contribution in [2.24, 2.45) is 0 Å². The molecular weight excluding hydrogens is 364 g/mol. The first-order valence-corrected chi connectivity index (χ1v) is 10.6. The van der Waals surface area contributed by atoms with Crippen molar-refractivity contribution < 1.29 is 9.53 Å². The topological polar surface area (TPSA) is 69.5 Å². The van der Waals surface area contributed by atoms with Crippen molar-refractivity contribution in [2.45, 2.75) is 63.3 Å². The first-order chi connectivity index (χ1) is 14.1. The van der Waals surface area contributed by atoms with Crippen molar-refractivity contribution in [3.8, 4) is 6.07 Å². The minimum atomic E-state index is -0.682. The van der Waals surface area contributed by atoms with Gasteiger partial charge in [-0.2, -0.15) is 5.26 Å². The van der Waals surface area contributed by atoms with Crippen LogP contribution in [0, 0.1) is 18.3 Å². The minimum absolute atomic E-state index is 0.0800. The van der Waals surface area contributed by atoms with Gasteiger partial charge in [-0.3, -0.25) is 4.79 Å². The molecule has 150 valence electrons. The Hall–Kier alpha value is -2.65. The molecule has 4 heterocycles. The summed E-state index contributed by atoms with van der Waals surface area (Å²) in [5.74, 6) is 0.174. The van der Waals surface area contributed by atoms with Gasteiger partial charge in [0.25, 0.3) is 5.91 Å². The fourth-order valence-corrected chi connectivity index (χ4v) is 5.27. The molecule has 6 nitrogen and oxygen atoms in total. The number of hydrogen-bond acceptors (Lipinski definition) is 5. The summed E-state index contributed by atoms with van der Waals surface area (Å²) in [5.41, 5.74) is 2.88. The highest BCUT2D eigenvalue weighted by molar-refractivity contribution is 5.88. The summed E-state index contributed by atoms with van der Waals surface area (Å²) in [6, 6.07) is 6.14. The number of aromatic nitrogens is 1. The van der Waals surface area contributed by atoms with Crippen LogP contribution in [0.1, 0.15) is 49.9 Å². The highest BCUT2D eigenvalue weighted by Crippen LogP contribution is 2.45. The number of anilines is 1. The molecule has 1 aromatic heterocycles. The third-order valence-electron chi connectivity index (χ3n) is 6.72. The Morgan fingerprint density at radius 3 is 2.79 bits per heavy atom. The van der Waals surface area contributed by atoms with Crippen LogP contribution in [-0.4, -0.2) is 46.8 Å². The van der Waals surface area contributed by atoms with Crippen LogP contribution in [0.3, 0.4) is 0 Å². The van der Waals surface area contributed by atoms with E-state index in [1.54, 1.807) is 0 Å². The molecule has 5 rings (SSSR count). The smallest absolute Gasteiger partial charge is 0.257 e. The molecule has 1 aromatic rings. The van der Waals surface area contributed by atoms with Gasteiger partial charge in [0, 0.05) is 37.3 Å². The number of rotatable bonds is 2. The summed E-state index contributed by atoms with van der Waals surface area (Å²) >= 11 is 0. The zero-order chi connectivity index (χ0) is 20.0. The minimum Gasteiger partial charge on any atom is -0.371 e. The highest BCUT2D eigenvalue weighted by atomic mass is 16.6. The molecule has 3 aliphatic heterocycles. The average molecular weight is 390 g/mol. The van der Waals surface area contributed by atoms with E-state index < -0.39 is 5.60 Å². The molecule has 29 heavy (non-hydrogen) atoms. The molecule has 1 amide bonds. The molecule has 2 atom stereocenters. The van der Waals surface area contributed by atoms with Gasteiger partial charge >= 0.3 is 0 Å². The molecule has 4 aliphatic rings. The van der Waals surface area contributed by atoms with Crippen molar-refractivity contribution in [1.29, 1.82) is 5.26 Å². The van der Waals surface area contributed by atoms with Gasteiger partial charge in [0.05, 0.1) is 6.04 Å². The van der Waals surface area contributed by atoms with Gasteiger partial charge < -0.3 is 14.5 Å². The summed E-state index contributed by atoms with van der Waals surface area (Å²) in [6.45, 7) is 3.39. The first kappa shape index (κ1) is 18.4. The van der Waals surface area contributed by atoms with E-state index in [9.17, 15) is 10.1 Å². The van der Waals surface area contributed by atoms with E-state index in [4.69, 9.17) is 4.74 Å². The van der Waals surface area contributed by atoms with Gasteiger partial charge in [0.2, 0.25) is 0 Å². The normalized spacial score (nSPS) is 27.9. The number of ether oxygens (including phenoxy) is 1. The van der Waals surface area contributed by atoms with Crippen molar-refractivity contribution in [1.82, 2.24) is 9.88 Å². The molecular formula is C23H26N4O2. The predicted octanol–water partition coefficient (Wildman–Crippen LogP) is 3.22. The van der Waals surface area contributed by atoms with Gasteiger partial charge in [-0.05, 0) is 50.3 Å². The summed E-state index contributed by atoms with van der Waals surface area (Å²) in [6.07, 6.45) is 12.0. The van der Waals surface area contributed by atoms with Crippen molar-refractivity contribution in [3.63, 3.8) is 0 Å². The standard InChI is InChI=1S/C23H26N4O2/c1-16-13-19(14-18(15-24)25-16)26-11-9-23(10-12-26)22(28)27-20(7-8-21(27)29-23)17-5-3-2-4-6-17/h3,5-6,13-14,20-21H,2,4,7-12H2,1H3/t20-,21+/m0/s1. The molecule has 3 fully saturated rings. The van der Waals surface area contributed by atoms with Crippen molar-refractivity contribution in [2.75, 3.05) is 18.0 Å². The summed E-state index contributed by atoms with van der Waals surface area (Å²) in [4.78, 5) is 22.0. The maximum absolute atomic E-state index is 13.5. The third-order valence-corrected chi connectivity index (χ3v) is 6.72. The Balaban J connectivity index is 1.32. The number of nitrogens with zero attached hydrogens (tertiary/aromatic N) is 4. The lowest BCUT2D eigenvalue weighted by Crippen LogP contribution is -2.51. The summed E-state index contributed by atoms with van der Waals surface area (Å²) in [7, 11) is 0. The number of hydrogen-bond donors (Lipinski definition) is 0. The number of carbonyl (C=O) groups is 1. The molecule has 0 radical (unpaired) electrons. The van der Waals surface area contributed by atoms with E-state index >= 15 is 0 Å². The molecule has 0 saturated carbocycles. The summed E-state index contributed by atoms with van der Waals surface area (Å²) < 4.78 is 6.43. The maximum Gasteiger partial charge on any atom is 0.257 e.